The zero-order chi connectivity index (χ0) is 17.9. The molecular weight excluding hydrogens is 326 g/mol. The highest BCUT2D eigenvalue weighted by Crippen LogP contribution is 2.38. The fourth-order valence-electron chi connectivity index (χ4n) is 3.08. The predicted molar refractivity (Wildman–Crippen MR) is 91.5 cm³/mol. The number of carbonyl (C=O) groups excluding carboxylic acids is 1. The fraction of sp³-hybridized carbons (Fsp3) is 0.222. The van der Waals surface area contributed by atoms with E-state index in [1.54, 1.807) is 29.7 Å². The molecular formula is C18H16F2N4O. The van der Waals surface area contributed by atoms with E-state index in [1.807, 2.05) is 0 Å². The lowest BCUT2D eigenvalue weighted by molar-refractivity contribution is 0.0952. The number of carbonyl (C=O) groups is 1. The second-order valence-electron chi connectivity index (χ2n) is 6.38. The Balaban J connectivity index is 1.90. The van der Waals surface area contributed by atoms with Crippen molar-refractivity contribution in [3.63, 3.8) is 0 Å². The summed E-state index contributed by atoms with van der Waals surface area (Å²) in [6.07, 6.45) is 0.749. The van der Waals surface area contributed by atoms with Gasteiger partial charge in [-0.25, -0.2) is 13.8 Å². The summed E-state index contributed by atoms with van der Waals surface area (Å²) in [5.74, 6) is -1.39. The van der Waals surface area contributed by atoms with Gasteiger partial charge >= 0.3 is 0 Å². The number of hydrogen-bond acceptors (Lipinski definition) is 4. The molecule has 25 heavy (non-hydrogen) atoms. The maximum atomic E-state index is 13.8. The molecule has 1 aliphatic carbocycles. The molecule has 7 heteroatoms. The third-order valence-corrected chi connectivity index (χ3v) is 4.65. The van der Waals surface area contributed by atoms with Crippen LogP contribution in [0.2, 0.25) is 0 Å². The Morgan fingerprint density at radius 3 is 2.72 bits per heavy atom. The molecule has 1 saturated carbocycles. The fourth-order valence-corrected chi connectivity index (χ4v) is 3.08. The maximum absolute atomic E-state index is 13.8. The average molecular weight is 342 g/mol. The number of alkyl halides is 1. The van der Waals surface area contributed by atoms with E-state index in [4.69, 9.17) is 11.5 Å². The van der Waals surface area contributed by atoms with Gasteiger partial charge in [-0.15, -0.1) is 0 Å². The molecule has 0 spiro atoms. The van der Waals surface area contributed by atoms with Crippen molar-refractivity contribution in [1.29, 1.82) is 0 Å². The van der Waals surface area contributed by atoms with E-state index in [1.165, 1.54) is 12.1 Å². The summed E-state index contributed by atoms with van der Waals surface area (Å²) < 4.78 is 28.6. The van der Waals surface area contributed by atoms with E-state index < -0.39 is 17.9 Å². The zero-order valence-electron chi connectivity index (χ0n) is 13.5. The highest BCUT2D eigenvalue weighted by atomic mass is 19.1. The maximum Gasteiger partial charge on any atom is 0.189 e. The lowest BCUT2D eigenvalue weighted by Crippen LogP contribution is -2.10. The van der Waals surface area contributed by atoms with E-state index in [0.717, 1.165) is 5.56 Å². The molecule has 1 aromatic carbocycles. The van der Waals surface area contributed by atoms with Crippen molar-refractivity contribution in [2.24, 2.45) is 5.92 Å². The first kappa shape index (κ1) is 15.6. The minimum absolute atomic E-state index is 0.0664. The lowest BCUT2D eigenvalue weighted by Gasteiger charge is -2.10. The number of nitrogens with two attached hydrogens (primary N) is 2. The topological polar surface area (TPSA) is 86.4 Å². The number of Topliss-reactive ketones (excluding diaryl/α,β-unsaturated/α-hetero) is 1. The molecule has 0 saturated heterocycles. The molecule has 0 unspecified atom stereocenters. The average Bonchev–Trinajstić information content (AvgIpc) is 3.19. The molecule has 128 valence electrons. The van der Waals surface area contributed by atoms with E-state index in [0.29, 0.717) is 22.5 Å². The van der Waals surface area contributed by atoms with Gasteiger partial charge in [-0.1, -0.05) is 0 Å². The number of halogens is 2. The van der Waals surface area contributed by atoms with Gasteiger partial charge in [-0.3, -0.25) is 9.20 Å². The number of nitrogens with zero attached hydrogens (tertiary/aromatic N) is 2. The van der Waals surface area contributed by atoms with Crippen molar-refractivity contribution in [3.8, 4) is 11.1 Å². The molecule has 1 aliphatic rings. The summed E-state index contributed by atoms with van der Waals surface area (Å²) in [5.41, 5.74) is 14.7. The Kier molecular flexibility index (Phi) is 3.28. The number of nitrogen functional groups attached to an aromatic ring is 2. The minimum atomic E-state index is -1.12. The first-order chi connectivity index (χ1) is 11.9. The first-order valence-electron chi connectivity index (χ1n) is 7.88. The number of rotatable bonds is 3. The zero-order valence-corrected chi connectivity index (χ0v) is 13.5. The van der Waals surface area contributed by atoms with Crippen LogP contribution in [-0.2, 0) is 0 Å². The number of pyridine rings is 1. The molecule has 2 heterocycles. The standard InChI is InChI=1S/C18H16F2N4O/c1-8-11(4-10(19)5-14(8)21)9-2-3-15-23-18(22)16(24(15)7-9)17(25)12-6-13(12)20/h2-5,7,12-13H,6,21-22H2,1H3/t12-,13+/m1/s1. The summed E-state index contributed by atoms with van der Waals surface area (Å²) in [6.45, 7) is 1.79. The highest BCUT2D eigenvalue weighted by molar-refractivity contribution is 6.03. The number of imidazole rings is 1. The van der Waals surface area contributed by atoms with Gasteiger partial charge in [0.05, 0.1) is 5.92 Å². The van der Waals surface area contributed by atoms with Crippen LogP contribution in [0.5, 0.6) is 0 Å². The van der Waals surface area contributed by atoms with Crippen LogP contribution in [0.15, 0.2) is 30.5 Å². The largest absolute Gasteiger partial charge is 0.398 e. The third-order valence-electron chi connectivity index (χ3n) is 4.65. The molecule has 0 bridgehead atoms. The summed E-state index contributed by atoms with van der Waals surface area (Å²) in [6, 6.07) is 6.08. The Morgan fingerprint density at radius 1 is 1.32 bits per heavy atom. The van der Waals surface area contributed by atoms with Gasteiger partial charge in [-0.05, 0) is 54.3 Å². The Hall–Kier alpha value is -2.96. The van der Waals surface area contributed by atoms with Gasteiger partial charge in [0.1, 0.15) is 23.3 Å². The van der Waals surface area contributed by atoms with Crippen LogP contribution in [0.3, 0.4) is 0 Å². The molecule has 3 aromatic rings. The van der Waals surface area contributed by atoms with Crippen molar-refractivity contribution in [3.05, 3.63) is 47.5 Å². The van der Waals surface area contributed by atoms with Crippen LogP contribution < -0.4 is 11.5 Å². The number of anilines is 2. The smallest absolute Gasteiger partial charge is 0.189 e. The molecule has 4 N–H and O–H groups in total. The molecule has 2 aromatic heterocycles. The molecule has 2 atom stereocenters. The van der Waals surface area contributed by atoms with Gasteiger partial charge < -0.3 is 11.5 Å². The van der Waals surface area contributed by atoms with E-state index in [9.17, 15) is 13.6 Å². The lowest BCUT2D eigenvalue weighted by atomic mass is 10.0. The van der Waals surface area contributed by atoms with Crippen molar-refractivity contribution in [2.75, 3.05) is 11.5 Å². The molecule has 0 radical (unpaired) electrons. The summed E-state index contributed by atoms with van der Waals surface area (Å²) >= 11 is 0. The summed E-state index contributed by atoms with van der Waals surface area (Å²) in [7, 11) is 0. The normalized spacial score (nSPS) is 19.3. The highest BCUT2D eigenvalue weighted by Gasteiger charge is 2.45. The van der Waals surface area contributed by atoms with Crippen LogP contribution in [0.25, 0.3) is 16.8 Å². The van der Waals surface area contributed by atoms with Crippen molar-refractivity contribution < 1.29 is 13.6 Å². The molecule has 0 amide bonds. The predicted octanol–water partition coefficient (Wildman–Crippen LogP) is 3.15. The Labute approximate surface area is 142 Å². The number of aromatic nitrogens is 2. The van der Waals surface area contributed by atoms with Crippen molar-refractivity contribution in [1.82, 2.24) is 9.38 Å². The van der Waals surface area contributed by atoms with Crippen LogP contribution in [0.4, 0.5) is 20.3 Å². The molecule has 4 rings (SSSR count). The van der Waals surface area contributed by atoms with Crippen LogP contribution in [-0.4, -0.2) is 21.3 Å². The number of benzene rings is 1. The van der Waals surface area contributed by atoms with E-state index in [-0.39, 0.29) is 23.7 Å². The van der Waals surface area contributed by atoms with Crippen LogP contribution >= 0.6 is 0 Å². The second kappa shape index (κ2) is 5.27. The van der Waals surface area contributed by atoms with Gasteiger partial charge in [0.15, 0.2) is 11.6 Å². The molecule has 0 aliphatic heterocycles. The summed E-state index contributed by atoms with van der Waals surface area (Å²) in [5, 5.41) is 0. The first-order valence-corrected chi connectivity index (χ1v) is 7.88. The number of ketones is 1. The van der Waals surface area contributed by atoms with Crippen LogP contribution in [0.1, 0.15) is 22.5 Å². The third kappa shape index (κ3) is 2.43. The quantitative estimate of drug-likeness (QED) is 0.565. The SMILES string of the molecule is Cc1c(N)cc(F)cc1-c1ccc2nc(N)c(C(=O)[C@@H]3C[C@@H]3F)n2c1. The Bertz CT molecular complexity index is 1030. The van der Waals surface area contributed by atoms with Gasteiger partial charge in [0.2, 0.25) is 0 Å². The van der Waals surface area contributed by atoms with E-state index in [2.05, 4.69) is 4.98 Å². The summed E-state index contributed by atoms with van der Waals surface area (Å²) in [4.78, 5) is 16.6. The monoisotopic (exact) mass is 342 g/mol. The number of fused-ring (bicyclic) bond motifs is 1. The van der Waals surface area contributed by atoms with Gasteiger partial charge in [0.25, 0.3) is 0 Å². The van der Waals surface area contributed by atoms with Gasteiger partial charge in [-0.2, -0.15) is 0 Å². The van der Waals surface area contributed by atoms with E-state index >= 15 is 0 Å². The van der Waals surface area contributed by atoms with Gasteiger partial charge in [0, 0.05) is 11.9 Å². The number of hydrogen-bond donors (Lipinski definition) is 2. The Morgan fingerprint density at radius 2 is 2.04 bits per heavy atom. The van der Waals surface area contributed by atoms with Crippen molar-refractivity contribution in [2.45, 2.75) is 19.5 Å². The minimum Gasteiger partial charge on any atom is -0.398 e. The second-order valence-corrected chi connectivity index (χ2v) is 6.38. The molecule has 5 nitrogen and oxygen atoms in total. The van der Waals surface area contributed by atoms with Crippen molar-refractivity contribution >= 4 is 22.9 Å². The van der Waals surface area contributed by atoms with Crippen LogP contribution in [0, 0.1) is 18.7 Å². The molecule has 1 fully saturated rings.